The molecule has 1 aromatic rings. The molecule has 0 aliphatic carbocycles. The fourth-order valence-corrected chi connectivity index (χ4v) is 3.31. The predicted molar refractivity (Wildman–Crippen MR) is 78.8 cm³/mol. The Kier molecular flexibility index (Phi) is 6.13. The van der Waals surface area contributed by atoms with E-state index in [1.54, 1.807) is 0 Å². The molecule has 1 aromatic carbocycles. The number of hydrogen-bond acceptors (Lipinski definition) is 2. The van der Waals surface area contributed by atoms with Crippen molar-refractivity contribution in [3.63, 3.8) is 0 Å². The molecule has 2 atom stereocenters. The second kappa shape index (κ2) is 6.88. The van der Waals surface area contributed by atoms with Crippen LogP contribution in [0.4, 0.5) is 0 Å². The first kappa shape index (κ1) is 15.2. The first-order chi connectivity index (χ1) is 7.93. The molecule has 0 radical (unpaired) electrons. The second-order valence-electron chi connectivity index (χ2n) is 4.77. The van der Waals surface area contributed by atoms with Crippen molar-refractivity contribution >= 4 is 31.9 Å². The summed E-state index contributed by atoms with van der Waals surface area (Å²) in [6.45, 7) is 4.79. The minimum atomic E-state index is -0.504. The van der Waals surface area contributed by atoms with E-state index >= 15 is 0 Å². The number of aliphatic hydroxyl groups excluding tert-OH is 1. The largest absolute Gasteiger partial charge is 0.388 e. The van der Waals surface area contributed by atoms with Gasteiger partial charge in [-0.15, -0.1) is 0 Å². The summed E-state index contributed by atoms with van der Waals surface area (Å²) in [7, 11) is 0. The molecule has 0 aliphatic heterocycles. The van der Waals surface area contributed by atoms with Crippen molar-refractivity contribution in [1.29, 1.82) is 0 Å². The van der Waals surface area contributed by atoms with Gasteiger partial charge in [-0.3, -0.25) is 0 Å². The third-order valence-electron chi connectivity index (χ3n) is 2.75. The summed E-state index contributed by atoms with van der Waals surface area (Å²) in [4.78, 5) is 0. The van der Waals surface area contributed by atoms with E-state index in [1.807, 2.05) is 18.2 Å². The third-order valence-corrected chi connectivity index (χ3v) is 3.67. The van der Waals surface area contributed by atoms with Crippen LogP contribution in [0.15, 0.2) is 27.1 Å². The van der Waals surface area contributed by atoms with E-state index in [9.17, 15) is 5.11 Å². The van der Waals surface area contributed by atoms with Crippen LogP contribution >= 0.6 is 31.9 Å². The van der Waals surface area contributed by atoms with E-state index in [0.717, 1.165) is 20.9 Å². The molecule has 0 fully saturated rings. The topological polar surface area (TPSA) is 46.2 Å². The number of benzene rings is 1. The number of aliphatic hydroxyl groups is 1. The highest BCUT2D eigenvalue weighted by Gasteiger charge is 2.21. The van der Waals surface area contributed by atoms with Gasteiger partial charge in [0, 0.05) is 14.9 Å². The van der Waals surface area contributed by atoms with Gasteiger partial charge in [-0.25, -0.2) is 0 Å². The van der Waals surface area contributed by atoms with Gasteiger partial charge in [-0.1, -0.05) is 45.7 Å². The molecule has 96 valence electrons. The number of rotatable bonds is 5. The third kappa shape index (κ3) is 4.70. The van der Waals surface area contributed by atoms with Gasteiger partial charge in [0.25, 0.3) is 0 Å². The van der Waals surface area contributed by atoms with Gasteiger partial charge < -0.3 is 10.8 Å². The lowest BCUT2D eigenvalue weighted by Gasteiger charge is -2.23. The average molecular weight is 365 g/mol. The lowest BCUT2D eigenvalue weighted by Crippen LogP contribution is -2.23. The summed E-state index contributed by atoms with van der Waals surface area (Å²) in [6, 6.07) is 5.84. The highest BCUT2D eigenvalue weighted by atomic mass is 79.9. The van der Waals surface area contributed by atoms with E-state index < -0.39 is 6.10 Å². The summed E-state index contributed by atoms with van der Waals surface area (Å²) in [5.41, 5.74) is 6.66. The SMILES string of the molecule is CC(C)CC(CN)C(O)c1cc(Br)cc(Br)c1. The van der Waals surface area contributed by atoms with Crippen molar-refractivity contribution in [2.24, 2.45) is 17.6 Å². The van der Waals surface area contributed by atoms with Crippen molar-refractivity contribution in [3.8, 4) is 0 Å². The zero-order valence-electron chi connectivity index (χ0n) is 10.2. The zero-order valence-corrected chi connectivity index (χ0v) is 13.3. The van der Waals surface area contributed by atoms with E-state index in [-0.39, 0.29) is 5.92 Å². The van der Waals surface area contributed by atoms with Crippen LogP contribution in [0.3, 0.4) is 0 Å². The summed E-state index contributed by atoms with van der Waals surface area (Å²) < 4.78 is 1.92. The van der Waals surface area contributed by atoms with Crippen LogP contribution in [0, 0.1) is 11.8 Å². The molecule has 4 heteroatoms. The highest BCUT2D eigenvalue weighted by Crippen LogP contribution is 2.30. The van der Waals surface area contributed by atoms with Gasteiger partial charge in [0.1, 0.15) is 0 Å². The molecular formula is C13H19Br2NO. The molecule has 0 spiro atoms. The standard InChI is InChI=1S/C13H19Br2NO/c1-8(2)3-10(7-16)13(17)9-4-11(14)6-12(15)5-9/h4-6,8,10,13,17H,3,7,16H2,1-2H3. The number of nitrogens with two attached hydrogens (primary N) is 1. The van der Waals surface area contributed by atoms with Crippen molar-refractivity contribution in [2.45, 2.75) is 26.4 Å². The average Bonchev–Trinajstić information content (AvgIpc) is 2.23. The lowest BCUT2D eigenvalue weighted by molar-refractivity contribution is 0.0994. The van der Waals surface area contributed by atoms with Crippen LogP contribution in [-0.2, 0) is 0 Å². The lowest BCUT2D eigenvalue weighted by atomic mass is 9.88. The summed E-state index contributed by atoms with van der Waals surface area (Å²) in [6.07, 6.45) is 0.429. The van der Waals surface area contributed by atoms with Gasteiger partial charge in [-0.05, 0) is 42.6 Å². The minimum absolute atomic E-state index is 0.108. The molecule has 0 amide bonds. The van der Waals surface area contributed by atoms with Gasteiger partial charge in [0.15, 0.2) is 0 Å². The van der Waals surface area contributed by atoms with Crippen molar-refractivity contribution in [2.75, 3.05) is 6.54 Å². The molecule has 1 rings (SSSR count). The molecule has 0 bridgehead atoms. The monoisotopic (exact) mass is 363 g/mol. The highest BCUT2D eigenvalue weighted by molar-refractivity contribution is 9.11. The van der Waals surface area contributed by atoms with Crippen LogP contribution in [-0.4, -0.2) is 11.7 Å². The smallest absolute Gasteiger partial charge is 0.0831 e. The molecule has 0 aliphatic rings. The maximum atomic E-state index is 10.4. The first-order valence-corrected chi connectivity index (χ1v) is 7.36. The van der Waals surface area contributed by atoms with Crippen LogP contribution < -0.4 is 5.73 Å². The van der Waals surface area contributed by atoms with Crippen molar-refractivity contribution in [1.82, 2.24) is 0 Å². The van der Waals surface area contributed by atoms with Gasteiger partial charge in [0.05, 0.1) is 6.10 Å². The molecule has 17 heavy (non-hydrogen) atoms. The zero-order chi connectivity index (χ0) is 13.0. The molecule has 0 heterocycles. The van der Waals surface area contributed by atoms with Crippen LogP contribution in [0.25, 0.3) is 0 Å². The molecule has 2 nitrogen and oxygen atoms in total. The molecular weight excluding hydrogens is 346 g/mol. The van der Waals surface area contributed by atoms with Gasteiger partial charge >= 0.3 is 0 Å². The fraction of sp³-hybridized carbons (Fsp3) is 0.538. The number of halogens is 2. The Morgan fingerprint density at radius 1 is 1.18 bits per heavy atom. The molecule has 0 saturated carbocycles. The Morgan fingerprint density at radius 2 is 1.71 bits per heavy atom. The second-order valence-corrected chi connectivity index (χ2v) is 6.60. The minimum Gasteiger partial charge on any atom is -0.388 e. The molecule has 2 unspecified atom stereocenters. The maximum absolute atomic E-state index is 10.4. The Morgan fingerprint density at radius 3 is 2.12 bits per heavy atom. The first-order valence-electron chi connectivity index (χ1n) is 5.78. The molecule has 3 N–H and O–H groups in total. The summed E-state index contributed by atoms with van der Waals surface area (Å²) >= 11 is 6.86. The quantitative estimate of drug-likeness (QED) is 0.833. The van der Waals surface area contributed by atoms with E-state index in [0.29, 0.717) is 12.5 Å². The molecule has 0 saturated heterocycles. The molecule has 0 aromatic heterocycles. The summed E-state index contributed by atoms with van der Waals surface area (Å²) in [5, 5.41) is 10.4. The fourth-order valence-electron chi connectivity index (χ4n) is 1.98. The normalized spacial score (nSPS) is 15.0. The Balaban J connectivity index is 2.89. The summed E-state index contributed by atoms with van der Waals surface area (Å²) in [5.74, 6) is 0.644. The van der Waals surface area contributed by atoms with E-state index in [4.69, 9.17) is 5.73 Å². The van der Waals surface area contributed by atoms with Crippen molar-refractivity contribution in [3.05, 3.63) is 32.7 Å². The Bertz CT molecular complexity index is 348. The van der Waals surface area contributed by atoms with Crippen molar-refractivity contribution < 1.29 is 5.11 Å². The van der Waals surface area contributed by atoms with E-state index in [1.165, 1.54) is 0 Å². The van der Waals surface area contributed by atoms with Crippen LogP contribution in [0.5, 0.6) is 0 Å². The van der Waals surface area contributed by atoms with E-state index in [2.05, 4.69) is 45.7 Å². The predicted octanol–water partition coefficient (Wildman–Crippen LogP) is 3.87. The Labute approximate surface area is 120 Å². The van der Waals surface area contributed by atoms with Crippen LogP contribution in [0.2, 0.25) is 0 Å². The van der Waals surface area contributed by atoms with Gasteiger partial charge in [-0.2, -0.15) is 0 Å². The van der Waals surface area contributed by atoms with Crippen LogP contribution in [0.1, 0.15) is 31.9 Å². The maximum Gasteiger partial charge on any atom is 0.0831 e. The number of hydrogen-bond donors (Lipinski definition) is 2. The van der Waals surface area contributed by atoms with Gasteiger partial charge in [0.2, 0.25) is 0 Å². The Hall–Kier alpha value is 0.1000.